The van der Waals surface area contributed by atoms with Gasteiger partial charge in [-0.3, -0.25) is 4.79 Å². The quantitative estimate of drug-likeness (QED) is 0.483. The second-order valence-corrected chi connectivity index (χ2v) is 10.2. The number of carbonyl (C=O) groups excluding carboxylic acids is 2. The second kappa shape index (κ2) is 7.29. The molecule has 1 aromatic carbocycles. The smallest absolute Gasteiger partial charge is 0.339 e. The molecule has 0 saturated heterocycles. The third-order valence-corrected chi connectivity index (χ3v) is 7.89. The number of hydrogen-bond acceptors (Lipinski definition) is 5. The SMILES string of the molecule is Cc1ccc(-c2cc(C(=O)OCC(=O)C34CC5CC(CC(C5)C3)C4)c3ccccc3n2)o1. The molecule has 0 aliphatic heterocycles. The lowest BCUT2D eigenvalue weighted by atomic mass is 9.48. The number of benzene rings is 1. The van der Waals surface area contributed by atoms with Crippen LogP contribution in [0.5, 0.6) is 0 Å². The molecule has 0 N–H and O–H groups in total. The summed E-state index contributed by atoms with van der Waals surface area (Å²) in [5.74, 6) is 3.07. The van der Waals surface area contributed by atoms with E-state index in [1.807, 2.05) is 43.3 Å². The molecule has 164 valence electrons. The van der Waals surface area contributed by atoms with Crippen LogP contribution in [-0.4, -0.2) is 23.3 Å². The van der Waals surface area contributed by atoms with E-state index < -0.39 is 5.97 Å². The van der Waals surface area contributed by atoms with E-state index in [1.165, 1.54) is 19.3 Å². The number of ether oxygens (including phenoxy) is 1. The van der Waals surface area contributed by atoms with Crippen molar-refractivity contribution in [3.8, 4) is 11.5 Å². The van der Waals surface area contributed by atoms with E-state index in [4.69, 9.17) is 9.15 Å². The second-order valence-electron chi connectivity index (χ2n) is 10.2. The molecule has 5 nitrogen and oxygen atoms in total. The Morgan fingerprint density at radius 2 is 1.72 bits per heavy atom. The highest BCUT2D eigenvalue weighted by molar-refractivity contribution is 6.05. The van der Waals surface area contributed by atoms with Gasteiger partial charge in [0.05, 0.1) is 11.1 Å². The predicted molar refractivity (Wildman–Crippen MR) is 120 cm³/mol. The van der Waals surface area contributed by atoms with Crippen LogP contribution in [0.2, 0.25) is 0 Å². The Morgan fingerprint density at radius 1 is 1.03 bits per heavy atom. The topological polar surface area (TPSA) is 69.4 Å². The summed E-state index contributed by atoms with van der Waals surface area (Å²) in [6, 6.07) is 12.9. The predicted octanol–water partition coefficient (Wildman–Crippen LogP) is 5.75. The van der Waals surface area contributed by atoms with Crippen molar-refractivity contribution in [1.82, 2.24) is 4.98 Å². The molecule has 0 atom stereocenters. The van der Waals surface area contributed by atoms with Crippen LogP contribution in [0.1, 0.15) is 54.6 Å². The van der Waals surface area contributed by atoms with Gasteiger partial charge in [-0.25, -0.2) is 9.78 Å². The summed E-state index contributed by atoms with van der Waals surface area (Å²) in [5, 5.41) is 0.715. The molecule has 0 amide bonds. The average molecular weight is 430 g/mol. The molecule has 4 bridgehead atoms. The van der Waals surface area contributed by atoms with E-state index in [2.05, 4.69) is 4.98 Å². The number of esters is 1. The number of Topliss-reactive ketones (excluding diaryl/α,β-unsaturated/α-hetero) is 1. The Bertz CT molecular complexity index is 1190. The number of aromatic nitrogens is 1. The highest BCUT2D eigenvalue weighted by Crippen LogP contribution is 2.60. The van der Waals surface area contributed by atoms with Gasteiger partial charge in [-0.15, -0.1) is 0 Å². The minimum atomic E-state index is -0.480. The average Bonchev–Trinajstić information content (AvgIpc) is 3.22. The fourth-order valence-electron chi connectivity index (χ4n) is 6.86. The van der Waals surface area contributed by atoms with Gasteiger partial charge in [0, 0.05) is 10.8 Å². The van der Waals surface area contributed by atoms with Gasteiger partial charge in [-0.05, 0) is 87.5 Å². The summed E-state index contributed by atoms with van der Waals surface area (Å²) in [6.45, 7) is 1.73. The monoisotopic (exact) mass is 429 g/mol. The number of carbonyl (C=O) groups is 2. The Hall–Kier alpha value is -2.95. The molecule has 0 unspecified atom stereocenters. The first-order valence-electron chi connectivity index (χ1n) is 11.7. The third-order valence-electron chi connectivity index (χ3n) is 7.89. The van der Waals surface area contributed by atoms with E-state index >= 15 is 0 Å². The van der Waals surface area contributed by atoms with E-state index in [9.17, 15) is 9.59 Å². The summed E-state index contributed by atoms with van der Waals surface area (Å²) >= 11 is 0. The maximum atomic E-state index is 13.3. The van der Waals surface area contributed by atoms with Crippen LogP contribution in [-0.2, 0) is 9.53 Å². The number of nitrogens with zero attached hydrogens (tertiary/aromatic N) is 1. The summed E-state index contributed by atoms with van der Waals surface area (Å²) in [6.07, 6.45) is 6.79. The van der Waals surface area contributed by atoms with E-state index in [0.717, 1.165) is 25.0 Å². The van der Waals surface area contributed by atoms with Gasteiger partial charge in [-0.2, -0.15) is 0 Å². The van der Waals surface area contributed by atoms with Crippen LogP contribution in [0, 0.1) is 30.1 Å². The zero-order valence-electron chi connectivity index (χ0n) is 18.3. The van der Waals surface area contributed by atoms with Crippen molar-refractivity contribution in [2.75, 3.05) is 6.61 Å². The van der Waals surface area contributed by atoms with Crippen LogP contribution in [0.15, 0.2) is 46.9 Å². The highest BCUT2D eigenvalue weighted by atomic mass is 16.5. The number of hydrogen-bond donors (Lipinski definition) is 0. The number of ketones is 1. The van der Waals surface area contributed by atoms with Gasteiger partial charge in [-0.1, -0.05) is 18.2 Å². The van der Waals surface area contributed by atoms with Crippen molar-refractivity contribution in [3.63, 3.8) is 0 Å². The molecule has 4 aliphatic rings. The minimum absolute atomic E-state index is 0.116. The zero-order valence-corrected chi connectivity index (χ0v) is 18.3. The molecule has 4 aliphatic carbocycles. The first kappa shape index (κ1) is 19.7. The fourth-order valence-corrected chi connectivity index (χ4v) is 6.86. The fraction of sp³-hybridized carbons (Fsp3) is 0.444. The number of para-hydroxylation sites is 1. The molecule has 0 spiro atoms. The Balaban J connectivity index is 1.26. The van der Waals surface area contributed by atoms with Gasteiger partial charge in [0.1, 0.15) is 11.5 Å². The normalized spacial score (nSPS) is 28.2. The number of rotatable bonds is 5. The van der Waals surface area contributed by atoms with Crippen LogP contribution >= 0.6 is 0 Å². The number of fused-ring (bicyclic) bond motifs is 1. The molecule has 4 fully saturated rings. The van der Waals surface area contributed by atoms with Crippen molar-refractivity contribution in [1.29, 1.82) is 0 Å². The molecule has 2 aromatic heterocycles. The molecule has 0 radical (unpaired) electrons. The summed E-state index contributed by atoms with van der Waals surface area (Å²) in [7, 11) is 0. The van der Waals surface area contributed by atoms with Crippen molar-refractivity contribution in [2.24, 2.45) is 23.2 Å². The van der Waals surface area contributed by atoms with E-state index in [-0.39, 0.29) is 17.8 Å². The van der Waals surface area contributed by atoms with Crippen molar-refractivity contribution >= 4 is 22.7 Å². The molecular weight excluding hydrogens is 402 g/mol. The highest BCUT2D eigenvalue weighted by Gasteiger charge is 2.54. The van der Waals surface area contributed by atoms with Gasteiger partial charge in [0.2, 0.25) is 0 Å². The lowest BCUT2D eigenvalue weighted by Crippen LogP contribution is -2.51. The first-order chi connectivity index (χ1) is 15.5. The van der Waals surface area contributed by atoms with Gasteiger partial charge < -0.3 is 9.15 Å². The molecule has 32 heavy (non-hydrogen) atoms. The third kappa shape index (κ3) is 3.26. The minimum Gasteiger partial charge on any atom is -0.460 e. The van der Waals surface area contributed by atoms with Crippen molar-refractivity contribution < 1.29 is 18.7 Å². The largest absolute Gasteiger partial charge is 0.460 e. The van der Waals surface area contributed by atoms with Crippen LogP contribution in [0.4, 0.5) is 0 Å². The molecule has 7 rings (SSSR count). The zero-order chi connectivity index (χ0) is 21.9. The molecular formula is C27H27NO4. The molecule has 3 aromatic rings. The molecule has 2 heterocycles. The van der Waals surface area contributed by atoms with Crippen molar-refractivity contribution in [3.05, 3.63) is 53.8 Å². The molecule has 4 saturated carbocycles. The number of pyridine rings is 1. The number of aryl methyl sites for hydroxylation is 1. The van der Waals surface area contributed by atoms with Gasteiger partial charge >= 0.3 is 5.97 Å². The first-order valence-corrected chi connectivity index (χ1v) is 11.7. The summed E-state index contributed by atoms with van der Waals surface area (Å²) in [4.78, 5) is 31.1. The van der Waals surface area contributed by atoms with Gasteiger partial charge in [0.25, 0.3) is 0 Å². The summed E-state index contributed by atoms with van der Waals surface area (Å²) < 4.78 is 11.4. The Morgan fingerprint density at radius 3 is 2.38 bits per heavy atom. The summed E-state index contributed by atoms with van der Waals surface area (Å²) in [5.41, 5.74) is 1.43. The standard InChI is InChI=1S/C27H27NO4/c1-16-6-7-24(32-16)23-11-21(20-4-2-3-5-22(20)28-23)26(30)31-15-25(29)27-12-17-8-18(13-27)10-19(9-17)14-27/h2-7,11,17-19H,8-10,12-15H2,1H3. The Kier molecular flexibility index (Phi) is 4.49. The lowest BCUT2D eigenvalue weighted by Gasteiger charge is -2.55. The van der Waals surface area contributed by atoms with Crippen LogP contribution < -0.4 is 0 Å². The van der Waals surface area contributed by atoms with Crippen LogP contribution in [0.3, 0.4) is 0 Å². The Labute approximate surface area is 187 Å². The molecule has 5 heteroatoms. The van der Waals surface area contributed by atoms with Gasteiger partial charge in [0.15, 0.2) is 18.2 Å². The lowest BCUT2D eigenvalue weighted by molar-refractivity contribution is -0.147. The van der Waals surface area contributed by atoms with Crippen molar-refractivity contribution in [2.45, 2.75) is 45.4 Å². The maximum absolute atomic E-state index is 13.3. The number of furan rings is 1. The van der Waals surface area contributed by atoms with Crippen LogP contribution in [0.25, 0.3) is 22.4 Å². The maximum Gasteiger partial charge on any atom is 0.339 e. The van der Waals surface area contributed by atoms with E-state index in [0.29, 0.717) is 45.7 Å². The van der Waals surface area contributed by atoms with E-state index in [1.54, 1.807) is 6.07 Å².